The lowest BCUT2D eigenvalue weighted by atomic mass is 10.0. The molecular weight excluding hydrogens is 745 g/mol. The van der Waals surface area contributed by atoms with Crippen LogP contribution in [0.4, 0.5) is 22.7 Å². The van der Waals surface area contributed by atoms with E-state index in [-0.39, 0.29) is 0 Å². The molecule has 0 radical (unpaired) electrons. The molecule has 6 nitrogen and oxygen atoms in total. The molecule has 4 rings (SSSR count). The van der Waals surface area contributed by atoms with E-state index in [1.807, 2.05) is 24.3 Å². The lowest BCUT2D eigenvalue weighted by Gasteiger charge is -2.09. The molecule has 59 heavy (non-hydrogen) atoms. The highest BCUT2D eigenvalue weighted by Gasteiger charge is 2.04. The van der Waals surface area contributed by atoms with E-state index in [1.54, 1.807) is 0 Å². The van der Waals surface area contributed by atoms with E-state index in [9.17, 15) is 0 Å². The first-order chi connectivity index (χ1) is 29.0. The molecule has 4 aromatic carbocycles. The third-order valence-corrected chi connectivity index (χ3v) is 12.0. The number of ether oxygens (including phenoxy) is 2. The van der Waals surface area contributed by atoms with Crippen LogP contribution >= 0.6 is 11.8 Å². The molecule has 0 saturated heterocycles. The Morgan fingerprint density at radius 1 is 0.407 bits per heavy atom. The number of benzene rings is 4. The normalized spacial score (nSPS) is 11.6. The molecule has 7 heteroatoms. The van der Waals surface area contributed by atoms with Gasteiger partial charge in [-0.25, -0.2) is 0 Å². The summed E-state index contributed by atoms with van der Waals surface area (Å²) in [5.74, 6) is 4.24. The fourth-order valence-electron chi connectivity index (χ4n) is 7.01. The number of nitrogens with zero attached hydrogens (tertiary/aromatic N) is 4. The number of unbranched alkanes of at least 4 members (excludes halogenated alkanes) is 14. The molecular formula is C52H74N4O2S. The second-order valence-electron chi connectivity index (χ2n) is 16.1. The maximum atomic E-state index is 6.05. The Hall–Kier alpha value is -3.97. The van der Waals surface area contributed by atoms with Gasteiger partial charge in [0.1, 0.15) is 11.5 Å². The van der Waals surface area contributed by atoms with Crippen molar-refractivity contribution in [3.8, 4) is 11.5 Å². The molecule has 0 N–H and O–H groups in total. The minimum atomic E-state index is 0.746. The van der Waals surface area contributed by atoms with Crippen molar-refractivity contribution >= 4 is 34.5 Å². The second-order valence-corrected chi connectivity index (χ2v) is 17.3. The van der Waals surface area contributed by atoms with E-state index >= 15 is 0 Å². The van der Waals surface area contributed by atoms with Crippen molar-refractivity contribution in [2.45, 2.75) is 156 Å². The number of azo groups is 2. The van der Waals surface area contributed by atoms with Crippen LogP contribution in [0.1, 0.15) is 152 Å². The molecule has 0 fully saturated rings. The largest absolute Gasteiger partial charge is 0.494 e. The highest BCUT2D eigenvalue weighted by Crippen LogP contribution is 2.28. The van der Waals surface area contributed by atoms with Crippen molar-refractivity contribution in [1.29, 1.82) is 0 Å². The Morgan fingerprint density at radius 3 is 1.20 bits per heavy atom. The van der Waals surface area contributed by atoms with Crippen LogP contribution in [0.3, 0.4) is 0 Å². The molecule has 0 unspecified atom stereocenters. The molecule has 0 bridgehead atoms. The van der Waals surface area contributed by atoms with Gasteiger partial charge in [0.15, 0.2) is 0 Å². The smallest absolute Gasteiger partial charge is 0.119 e. The fraction of sp³-hybridized carbons (Fsp3) is 0.538. The summed E-state index contributed by atoms with van der Waals surface area (Å²) in [5.41, 5.74) is 8.47. The Bertz CT molecular complexity index is 1630. The zero-order chi connectivity index (χ0) is 41.6. The van der Waals surface area contributed by atoms with Crippen molar-refractivity contribution in [2.24, 2.45) is 20.5 Å². The van der Waals surface area contributed by atoms with Crippen molar-refractivity contribution in [3.05, 3.63) is 107 Å². The third-order valence-electron chi connectivity index (χ3n) is 10.8. The molecule has 0 spiro atoms. The molecule has 0 atom stereocenters. The molecule has 4 aromatic rings. The summed E-state index contributed by atoms with van der Waals surface area (Å²) in [5, 5.41) is 18.0. The van der Waals surface area contributed by atoms with Gasteiger partial charge >= 0.3 is 0 Å². The van der Waals surface area contributed by atoms with Gasteiger partial charge in [-0.15, -0.1) is 0 Å². The minimum Gasteiger partial charge on any atom is -0.494 e. The summed E-state index contributed by atoms with van der Waals surface area (Å²) in [6, 6.07) is 29.2. The van der Waals surface area contributed by atoms with E-state index in [0.29, 0.717) is 0 Å². The summed E-state index contributed by atoms with van der Waals surface area (Å²) in [4.78, 5) is 0. The predicted molar refractivity (Wildman–Crippen MR) is 254 cm³/mol. The monoisotopic (exact) mass is 819 g/mol. The number of aryl methyl sites for hydroxylation is 4. The zero-order valence-corrected chi connectivity index (χ0v) is 37.9. The lowest BCUT2D eigenvalue weighted by Crippen LogP contribution is -1.98. The molecule has 0 aromatic heterocycles. The van der Waals surface area contributed by atoms with Gasteiger partial charge < -0.3 is 9.47 Å². The lowest BCUT2D eigenvalue weighted by molar-refractivity contribution is 0.306. The fourth-order valence-corrected chi connectivity index (χ4v) is 8.03. The van der Waals surface area contributed by atoms with Gasteiger partial charge in [0, 0.05) is 0 Å². The van der Waals surface area contributed by atoms with Crippen molar-refractivity contribution in [3.63, 3.8) is 0 Å². The Kier molecular flexibility index (Phi) is 24.4. The predicted octanol–water partition coefficient (Wildman–Crippen LogP) is 17.5. The first kappa shape index (κ1) is 47.7. The van der Waals surface area contributed by atoms with Crippen LogP contribution in [0, 0.1) is 13.8 Å². The number of hydrogen-bond acceptors (Lipinski definition) is 7. The quantitative estimate of drug-likeness (QED) is 0.0364. The number of thioether (sulfide) groups is 1. The molecule has 0 aliphatic rings. The summed E-state index contributed by atoms with van der Waals surface area (Å²) < 4.78 is 12.1. The van der Waals surface area contributed by atoms with Crippen LogP contribution in [-0.2, 0) is 12.8 Å². The minimum absolute atomic E-state index is 0.746. The zero-order valence-electron chi connectivity index (χ0n) is 37.1. The van der Waals surface area contributed by atoms with E-state index in [1.165, 1.54) is 125 Å². The van der Waals surface area contributed by atoms with Gasteiger partial charge in [-0.2, -0.15) is 32.2 Å². The Morgan fingerprint density at radius 2 is 0.797 bits per heavy atom. The SMILES string of the molecule is CCCCCCCCc1ccc(N=Nc2ccc(OCCCCCSCCCCCOc3ccc(N=Nc4ccc(CCCCCCCC)cc4)c(C)c3)cc2C)cc1. The van der Waals surface area contributed by atoms with Crippen LogP contribution in [0.15, 0.2) is 105 Å². The van der Waals surface area contributed by atoms with E-state index in [0.717, 1.165) is 84.3 Å². The van der Waals surface area contributed by atoms with Gasteiger partial charge in [-0.1, -0.05) is 102 Å². The van der Waals surface area contributed by atoms with E-state index in [2.05, 4.69) is 121 Å². The molecule has 0 amide bonds. The summed E-state index contributed by atoms with van der Waals surface area (Å²) in [6.45, 7) is 10.2. The van der Waals surface area contributed by atoms with Crippen LogP contribution in [-0.4, -0.2) is 24.7 Å². The first-order valence-electron chi connectivity index (χ1n) is 23.1. The van der Waals surface area contributed by atoms with Crippen LogP contribution in [0.25, 0.3) is 0 Å². The van der Waals surface area contributed by atoms with Crippen LogP contribution in [0.2, 0.25) is 0 Å². The Balaban J connectivity index is 0.977. The standard InChI is InChI=1S/C52H74N4O2S/c1-5-7-9-11-13-17-23-45-25-29-47(30-26-45)53-55-51-35-33-49(41-43(51)3)57-37-19-15-21-39-59-40-22-16-20-38-58-50-34-36-52(44(4)42-50)56-54-48-31-27-46(28-32-48)24-18-14-12-10-8-6-2/h25-36,41-42H,5-24,37-40H2,1-4H3. The van der Waals surface area contributed by atoms with E-state index < -0.39 is 0 Å². The van der Waals surface area contributed by atoms with Crippen LogP contribution < -0.4 is 9.47 Å². The van der Waals surface area contributed by atoms with Gasteiger partial charge in [0.25, 0.3) is 0 Å². The second kappa shape index (κ2) is 30.1. The molecule has 0 saturated carbocycles. The average Bonchev–Trinajstić information content (AvgIpc) is 3.25. The highest BCUT2D eigenvalue weighted by molar-refractivity contribution is 7.99. The van der Waals surface area contributed by atoms with Gasteiger partial charge in [-0.05, 0) is 172 Å². The first-order valence-corrected chi connectivity index (χ1v) is 24.3. The molecule has 320 valence electrons. The molecule has 0 aliphatic heterocycles. The highest BCUT2D eigenvalue weighted by atomic mass is 32.2. The van der Waals surface area contributed by atoms with Gasteiger partial charge in [0.05, 0.1) is 36.0 Å². The summed E-state index contributed by atoms with van der Waals surface area (Å²) in [7, 11) is 0. The van der Waals surface area contributed by atoms with Crippen LogP contribution in [0.5, 0.6) is 11.5 Å². The van der Waals surface area contributed by atoms with Gasteiger partial charge in [0.2, 0.25) is 0 Å². The average molecular weight is 819 g/mol. The summed E-state index contributed by atoms with van der Waals surface area (Å²) in [6.07, 6.45) is 25.2. The third kappa shape index (κ3) is 20.7. The Labute approximate surface area is 362 Å². The van der Waals surface area contributed by atoms with Gasteiger partial charge in [-0.3, -0.25) is 0 Å². The molecule has 0 aliphatic carbocycles. The summed E-state index contributed by atoms with van der Waals surface area (Å²) >= 11 is 2.07. The topological polar surface area (TPSA) is 67.9 Å². The number of hydrogen-bond donors (Lipinski definition) is 0. The molecule has 0 heterocycles. The maximum absolute atomic E-state index is 6.05. The van der Waals surface area contributed by atoms with Crippen molar-refractivity contribution < 1.29 is 9.47 Å². The van der Waals surface area contributed by atoms with E-state index in [4.69, 9.17) is 9.47 Å². The van der Waals surface area contributed by atoms with Crippen molar-refractivity contribution in [1.82, 2.24) is 0 Å². The van der Waals surface area contributed by atoms with Crippen molar-refractivity contribution in [2.75, 3.05) is 24.7 Å². The number of rotatable bonds is 32. The maximum Gasteiger partial charge on any atom is 0.119 e.